The molecule has 2 unspecified atom stereocenters. The van der Waals surface area contributed by atoms with Gasteiger partial charge in [0.1, 0.15) is 6.04 Å². The summed E-state index contributed by atoms with van der Waals surface area (Å²) < 4.78 is 25.3. The number of hydrogen-bond donors (Lipinski definition) is 3. The summed E-state index contributed by atoms with van der Waals surface area (Å²) >= 11 is 0. The average molecular weight is 347 g/mol. The van der Waals surface area contributed by atoms with Crippen molar-refractivity contribution in [2.45, 2.75) is 44.2 Å². The SMILES string of the molecule is [2H]c1ccc2c(c1)C1(CC(C(N)=O)N(C(=O)[C@@H](N)CC(C)C)C1([2H])[2H])C(=O)N2. The smallest absolute Gasteiger partial charge is 0.240 e. The lowest BCUT2D eigenvalue weighted by Gasteiger charge is -2.27. The molecular weight excluding hydrogens is 320 g/mol. The number of fused-ring (bicyclic) bond motifs is 2. The fourth-order valence-corrected chi connectivity index (χ4v) is 3.49. The molecule has 0 radical (unpaired) electrons. The molecule has 25 heavy (non-hydrogen) atoms. The highest BCUT2D eigenvalue weighted by molar-refractivity contribution is 6.08. The highest BCUT2D eigenvalue weighted by Crippen LogP contribution is 2.46. The third-order valence-electron chi connectivity index (χ3n) is 4.69. The maximum atomic E-state index is 13.0. The first-order chi connectivity index (χ1) is 12.9. The summed E-state index contributed by atoms with van der Waals surface area (Å²) in [6.45, 7) is 1.19. The molecule has 0 aliphatic carbocycles. The molecule has 3 amide bonds. The number of nitrogens with zero attached hydrogens (tertiary/aromatic N) is 1. The Labute approximate surface area is 150 Å². The van der Waals surface area contributed by atoms with E-state index < -0.39 is 41.7 Å². The van der Waals surface area contributed by atoms with Gasteiger partial charge in [-0.05, 0) is 30.4 Å². The lowest BCUT2D eigenvalue weighted by molar-refractivity contribution is -0.138. The second-order valence-corrected chi connectivity index (χ2v) is 7.01. The average Bonchev–Trinajstić information content (AvgIpc) is 2.99. The van der Waals surface area contributed by atoms with E-state index in [1.54, 1.807) is 0 Å². The number of rotatable bonds is 4. The topological polar surface area (TPSA) is 119 Å². The Bertz CT molecular complexity index is 860. The van der Waals surface area contributed by atoms with E-state index in [1.807, 2.05) is 13.8 Å². The predicted octanol–water partition coefficient (Wildman–Crippen LogP) is 0.336. The molecule has 1 aromatic rings. The van der Waals surface area contributed by atoms with Crippen molar-refractivity contribution in [1.29, 1.82) is 0 Å². The molecule has 2 aliphatic rings. The van der Waals surface area contributed by atoms with Crippen LogP contribution in [-0.4, -0.2) is 41.2 Å². The van der Waals surface area contributed by atoms with Crippen LogP contribution in [0.3, 0.4) is 0 Å². The van der Waals surface area contributed by atoms with Crippen molar-refractivity contribution in [1.82, 2.24) is 4.90 Å². The van der Waals surface area contributed by atoms with Crippen LogP contribution >= 0.6 is 0 Å². The molecule has 1 fully saturated rings. The Morgan fingerprint density at radius 1 is 1.52 bits per heavy atom. The van der Waals surface area contributed by atoms with E-state index in [2.05, 4.69) is 5.32 Å². The molecule has 5 N–H and O–H groups in total. The molecule has 7 heteroatoms. The number of para-hydroxylation sites is 1. The number of benzene rings is 1. The third-order valence-corrected chi connectivity index (χ3v) is 4.69. The fourth-order valence-electron chi connectivity index (χ4n) is 3.49. The van der Waals surface area contributed by atoms with Gasteiger partial charge in [0.25, 0.3) is 0 Å². The van der Waals surface area contributed by atoms with E-state index >= 15 is 0 Å². The molecule has 0 bridgehead atoms. The maximum absolute atomic E-state index is 13.0. The Kier molecular flexibility index (Phi) is 3.40. The molecule has 1 saturated heterocycles. The summed E-state index contributed by atoms with van der Waals surface area (Å²) in [5, 5.41) is 2.61. The molecule has 134 valence electrons. The molecule has 0 saturated carbocycles. The first kappa shape index (κ1) is 13.8. The summed E-state index contributed by atoms with van der Waals surface area (Å²) in [7, 11) is 0. The second kappa shape index (κ2) is 6.15. The van der Waals surface area contributed by atoms with Crippen LogP contribution in [0, 0.1) is 5.92 Å². The number of amides is 3. The largest absolute Gasteiger partial charge is 0.368 e. The standard InChI is InChI=1S/C18H24N4O3/c1-10(2)7-12(19)16(24)22-9-18(8-14(22)15(20)23)11-5-3-4-6-13(11)21-17(18)25/h3-6,10,12,14H,7-9,19H2,1-2H3,(H2,20,23)(H,21,25)/t12-,14?,18?/m0/s1/i3D,9D2. The minimum absolute atomic E-state index is 0.0785. The molecule has 2 aliphatic heterocycles. The van der Waals surface area contributed by atoms with Crippen molar-refractivity contribution >= 4 is 23.4 Å². The Morgan fingerprint density at radius 3 is 2.88 bits per heavy atom. The lowest BCUT2D eigenvalue weighted by Crippen LogP contribution is -2.51. The highest BCUT2D eigenvalue weighted by atomic mass is 16.2. The number of anilines is 1. The summed E-state index contributed by atoms with van der Waals surface area (Å²) in [4.78, 5) is 38.8. The first-order valence-corrected chi connectivity index (χ1v) is 8.24. The summed E-state index contributed by atoms with van der Waals surface area (Å²) in [6.07, 6.45) is -0.0126. The summed E-state index contributed by atoms with van der Waals surface area (Å²) in [6, 6.07) is 2.09. The van der Waals surface area contributed by atoms with E-state index in [0.29, 0.717) is 12.1 Å². The molecule has 3 rings (SSSR count). The maximum Gasteiger partial charge on any atom is 0.240 e. The zero-order valence-electron chi connectivity index (χ0n) is 17.2. The van der Waals surface area contributed by atoms with Crippen molar-refractivity contribution in [3.8, 4) is 0 Å². The van der Waals surface area contributed by atoms with Crippen LogP contribution in [0.4, 0.5) is 5.69 Å². The number of carbonyl (C=O) groups excluding carboxylic acids is 3. The Balaban J connectivity index is 2.15. The third kappa shape index (κ3) is 2.78. The lowest BCUT2D eigenvalue weighted by atomic mass is 9.79. The molecule has 1 aromatic carbocycles. The van der Waals surface area contributed by atoms with Crippen molar-refractivity contribution in [3.05, 3.63) is 29.8 Å². The van der Waals surface area contributed by atoms with Crippen LogP contribution in [0.2, 0.25) is 0 Å². The van der Waals surface area contributed by atoms with Gasteiger partial charge in [-0.25, -0.2) is 0 Å². The van der Waals surface area contributed by atoms with Crippen LogP contribution in [0.25, 0.3) is 0 Å². The van der Waals surface area contributed by atoms with Gasteiger partial charge in [-0.1, -0.05) is 32.0 Å². The summed E-state index contributed by atoms with van der Waals surface area (Å²) in [5.74, 6) is -2.26. The van der Waals surface area contributed by atoms with Crippen LogP contribution in [0.1, 0.15) is 36.4 Å². The van der Waals surface area contributed by atoms with Gasteiger partial charge in [0.05, 0.1) is 15.6 Å². The Hall–Kier alpha value is -2.41. The number of nitrogens with one attached hydrogen (secondary N) is 1. The zero-order valence-corrected chi connectivity index (χ0v) is 14.2. The van der Waals surface area contributed by atoms with Gasteiger partial charge < -0.3 is 21.7 Å². The molecule has 0 aromatic heterocycles. The van der Waals surface area contributed by atoms with Crippen molar-refractivity contribution in [2.24, 2.45) is 17.4 Å². The number of carbonyl (C=O) groups is 3. The minimum Gasteiger partial charge on any atom is -0.368 e. The number of nitrogens with two attached hydrogens (primary N) is 2. The van der Waals surface area contributed by atoms with Crippen LogP contribution in [0.5, 0.6) is 0 Å². The van der Waals surface area contributed by atoms with Gasteiger partial charge in [-0.2, -0.15) is 0 Å². The van der Waals surface area contributed by atoms with E-state index in [1.165, 1.54) is 18.2 Å². The normalized spacial score (nSPS) is 29.8. The van der Waals surface area contributed by atoms with Gasteiger partial charge in [0, 0.05) is 12.2 Å². The van der Waals surface area contributed by atoms with Crippen molar-refractivity contribution in [3.63, 3.8) is 0 Å². The molecule has 3 atom stereocenters. The van der Waals surface area contributed by atoms with E-state index in [4.69, 9.17) is 15.6 Å². The molecular formula is C18H24N4O3. The highest BCUT2D eigenvalue weighted by Gasteiger charge is 2.57. The Morgan fingerprint density at radius 2 is 2.24 bits per heavy atom. The van der Waals surface area contributed by atoms with Gasteiger partial charge >= 0.3 is 0 Å². The van der Waals surface area contributed by atoms with Crippen molar-refractivity contribution < 1.29 is 18.5 Å². The minimum atomic E-state index is -2.55. The fraction of sp³-hybridized carbons (Fsp3) is 0.500. The summed E-state index contributed by atoms with van der Waals surface area (Å²) in [5.41, 5.74) is 10.2. The van der Waals surface area contributed by atoms with E-state index in [9.17, 15) is 14.4 Å². The monoisotopic (exact) mass is 347 g/mol. The predicted molar refractivity (Wildman–Crippen MR) is 93.5 cm³/mol. The van der Waals surface area contributed by atoms with E-state index in [0.717, 1.165) is 4.90 Å². The van der Waals surface area contributed by atoms with Crippen LogP contribution in [0.15, 0.2) is 24.2 Å². The quantitative estimate of drug-likeness (QED) is 0.727. The van der Waals surface area contributed by atoms with Gasteiger partial charge in [0.15, 0.2) is 0 Å². The second-order valence-electron chi connectivity index (χ2n) is 7.01. The molecule has 1 spiro atoms. The van der Waals surface area contributed by atoms with Gasteiger partial charge in [-0.3, -0.25) is 14.4 Å². The number of primary amides is 1. The molecule has 7 nitrogen and oxygen atoms in total. The first-order valence-electron chi connectivity index (χ1n) is 9.74. The van der Waals surface area contributed by atoms with Crippen molar-refractivity contribution in [2.75, 3.05) is 11.8 Å². The number of hydrogen-bond acceptors (Lipinski definition) is 4. The molecule has 2 heterocycles. The van der Waals surface area contributed by atoms with Crippen LogP contribution < -0.4 is 16.8 Å². The number of likely N-dealkylation sites (tertiary alicyclic amines) is 1. The van der Waals surface area contributed by atoms with E-state index in [-0.39, 0.29) is 23.9 Å². The van der Waals surface area contributed by atoms with Gasteiger partial charge in [0.2, 0.25) is 17.7 Å². The van der Waals surface area contributed by atoms with Crippen LogP contribution in [-0.2, 0) is 19.8 Å². The van der Waals surface area contributed by atoms with Gasteiger partial charge in [-0.15, -0.1) is 0 Å². The zero-order chi connectivity index (χ0) is 21.0.